The van der Waals surface area contributed by atoms with Gasteiger partial charge in [0, 0.05) is 36.0 Å². The molecule has 5 unspecified atom stereocenters. The van der Waals surface area contributed by atoms with Crippen molar-refractivity contribution in [1.29, 1.82) is 0 Å². The van der Waals surface area contributed by atoms with Gasteiger partial charge < -0.3 is 42.4 Å². The fourth-order valence-corrected chi connectivity index (χ4v) is 5.91. The summed E-state index contributed by atoms with van der Waals surface area (Å²) in [6.45, 7) is 9.18. The highest BCUT2D eigenvalue weighted by atomic mass is 16.4. The molecule has 9 N–H and O–H groups in total. The lowest BCUT2D eigenvalue weighted by atomic mass is 9.96. The number of benzene rings is 1. The van der Waals surface area contributed by atoms with Crippen LogP contribution in [0.1, 0.15) is 111 Å². The second-order valence-corrected chi connectivity index (χ2v) is 14.0. The van der Waals surface area contributed by atoms with Crippen LogP contribution in [0.25, 0.3) is 10.9 Å². The molecule has 1 heterocycles. The van der Waals surface area contributed by atoms with Gasteiger partial charge in [0.1, 0.15) is 24.2 Å². The molecule has 0 saturated carbocycles. The number of fused-ring (bicyclic) bond motifs is 1. The van der Waals surface area contributed by atoms with Gasteiger partial charge in [0.15, 0.2) is 0 Å². The topological polar surface area (TPSA) is 242 Å². The molecule has 2 aromatic rings. The number of nitrogens with two attached hydrogens (primary N) is 1. The number of H-pyrrole nitrogens is 1. The summed E-state index contributed by atoms with van der Waals surface area (Å²) >= 11 is 0. The van der Waals surface area contributed by atoms with Crippen molar-refractivity contribution < 1.29 is 38.7 Å². The number of primary amides is 1. The summed E-state index contributed by atoms with van der Waals surface area (Å²) in [4.78, 5) is 93.7. The SMILES string of the molecule is CCCCCCCCCC(=O)NC(C(=O)NC(Cc1c[nH]c2ccccc12)C(=O)NC(CC(N)=O)C(=O)NC(CC(=O)O)C(=O)NC(C)C)C(C)CC. The lowest BCUT2D eigenvalue weighted by Crippen LogP contribution is -2.60. The summed E-state index contributed by atoms with van der Waals surface area (Å²) in [7, 11) is 0. The Morgan fingerprint density at radius 1 is 0.717 bits per heavy atom. The highest BCUT2D eigenvalue weighted by molar-refractivity contribution is 5.98. The molecule has 15 heteroatoms. The van der Waals surface area contributed by atoms with Crippen LogP contribution in [0.2, 0.25) is 0 Å². The third-order valence-corrected chi connectivity index (χ3v) is 9.03. The number of rotatable bonds is 25. The summed E-state index contributed by atoms with van der Waals surface area (Å²) < 4.78 is 0. The highest BCUT2D eigenvalue weighted by Gasteiger charge is 2.34. The quantitative estimate of drug-likeness (QED) is 0.0702. The van der Waals surface area contributed by atoms with Gasteiger partial charge in [-0.15, -0.1) is 0 Å². The maximum Gasteiger partial charge on any atom is 0.305 e. The zero-order valence-corrected chi connectivity index (χ0v) is 31.7. The number of carbonyl (C=O) groups excluding carboxylic acids is 6. The van der Waals surface area contributed by atoms with Crippen LogP contribution in [0.3, 0.4) is 0 Å². The Labute approximate surface area is 311 Å². The van der Waals surface area contributed by atoms with E-state index in [-0.39, 0.29) is 30.7 Å². The predicted molar refractivity (Wildman–Crippen MR) is 201 cm³/mol. The van der Waals surface area contributed by atoms with Crippen LogP contribution in [0, 0.1) is 5.92 Å². The van der Waals surface area contributed by atoms with E-state index in [1.165, 1.54) is 12.8 Å². The number of carboxylic acids is 1. The van der Waals surface area contributed by atoms with Crippen LogP contribution < -0.4 is 32.3 Å². The van der Waals surface area contributed by atoms with E-state index < -0.39 is 72.5 Å². The van der Waals surface area contributed by atoms with Crippen LogP contribution in [0.5, 0.6) is 0 Å². The molecule has 0 saturated heterocycles. The molecule has 0 bridgehead atoms. The Bertz CT molecular complexity index is 1540. The molecule has 53 heavy (non-hydrogen) atoms. The second kappa shape index (κ2) is 22.9. The highest BCUT2D eigenvalue weighted by Crippen LogP contribution is 2.20. The molecule has 0 fully saturated rings. The van der Waals surface area contributed by atoms with E-state index >= 15 is 0 Å². The number of aliphatic carboxylic acids is 1. The van der Waals surface area contributed by atoms with Crippen LogP contribution in [0.4, 0.5) is 0 Å². The van der Waals surface area contributed by atoms with Crippen LogP contribution in [-0.4, -0.2) is 81.7 Å². The van der Waals surface area contributed by atoms with Crippen molar-refractivity contribution in [3.05, 3.63) is 36.0 Å². The molecule has 0 aliphatic carbocycles. The minimum absolute atomic E-state index is 0.0376. The first-order valence-corrected chi connectivity index (χ1v) is 18.7. The lowest BCUT2D eigenvalue weighted by Gasteiger charge is -2.28. The fourth-order valence-electron chi connectivity index (χ4n) is 5.91. The van der Waals surface area contributed by atoms with E-state index in [9.17, 15) is 38.7 Å². The van der Waals surface area contributed by atoms with Crippen molar-refractivity contribution in [3.8, 4) is 0 Å². The van der Waals surface area contributed by atoms with Gasteiger partial charge in [-0.1, -0.05) is 83.9 Å². The lowest BCUT2D eigenvalue weighted by molar-refractivity contribution is -0.141. The van der Waals surface area contributed by atoms with E-state index in [1.54, 1.807) is 20.0 Å². The minimum Gasteiger partial charge on any atom is -0.481 e. The predicted octanol–water partition coefficient (Wildman–Crippen LogP) is 2.71. The first-order chi connectivity index (χ1) is 25.2. The van der Waals surface area contributed by atoms with Crippen molar-refractivity contribution in [2.45, 2.75) is 142 Å². The number of hydrogen-bond acceptors (Lipinski definition) is 7. The fraction of sp³-hybridized carbons (Fsp3) is 0.605. The maximum absolute atomic E-state index is 14.0. The number of amides is 6. The Kier molecular flexibility index (Phi) is 19.1. The molecule has 0 radical (unpaired) electrons. The summed E-state index contributed by atoms with van der Waals surface area (Å²) in [5, 5.41) is 23.1. The Balaban J connectivity index is 2.33. The van der Waals surface area contributed by atoms with Crippen molar-refractivity contribution in [3.63, 3.8) is 0 Å². The molecular weight excluding hydrogens is 682 g/mol. The first kappa shape index (κ1) is 44.2. The van der Waals surface area contributed by atoms with Gasteiger partial charge in [0.25, 0.3) is 0 Å². The summed E-state index contributed by atoms with van der Waals surface area (Å²) in [5.41, 5.74) is 6.88. The van der Waals surface area contributed by atoms with Crippen LogP contribution >= 0.6 is 0 Å². The summed E-state index contributed by atoms with van der Waals surface area (Å²) in [6.07, 6.45) is 8.29. The number of para-hydroxylation sites is 1. The molecule has 0 aliphatic rings. The third-order valence-electron chi connectivity index (χ3n) is 9.03. The number of aromatic amines is 1. The van der Waals surface area contributed by atoms with Gasteiger partial charge in [-0.2, -0.15) is 0 Å². The van der Waals surface area contributed by atoms with E-state index in [2.05, 4.69) is 38.5 Å². The first-order valence-electron chi connectivity index (χ1n) is 18.7. The molecular formula is C38H59N7O8. The number of aromatic nitrogens is 1. The molecule has 1 aromatic carbocycles. The van der Waals surface area contributed by atoms with Gasteiger partial charge in [-0.3, -0.25) is 33.6 Å². The second-order valence-electron chi connectivity index (χ2n) is 14.0. The van der Waals surface area contributed by atoms with E-state index in [1.807, 2.05) is 38.1 Å². The smallest absolute Gasteiger partial charge is 0.305 e. The molecule has 0 spiro atoms. The number of unbranched alkanes of at least 4 members (excludes halogenated alkanes) is 6. The minimum atomic E-state index is -1.61. The average molecular weight is 742 g/mol. The zero-order chi connectivity index (χ0) is 39.5. The Hall–Kier alpha value is -4.95. The van der Waals surface area contributed by atoms with Gasteiger partial charge in [-0.05, 0) is 37.8 Å². The van der Waals surface area contributed by atoms with Crippen LogP contribution in [0.15, 0.2) is 30.5 Å². The Morgan fingerprint density at radius 3 is 1.89 bits per heavy atom. The number of nitrogens with one attached hydrogen (secondary N) is 6. The monoisotopic (exact) mass is 741 g/mol. The number of carbonyl (C=O) groups is 7. The molecule has 15 nitrogen and oxygen atoms in total. The maximum atomic E-state index is 14.0. The van der Waals surface area contributed by atoms with Gasteiger partial charge in [0.05, 0.1) is 12.8 Å². The van der Waals surface area contributed by atoms with E-state index in [0.29, 0.717) is 18.4 Å². The van der Waals surface area contributed by atoms with Crippen molar-refractivity contribution >= 4 is 52.3 Å². The van der Waals surface area contributed by atoms with E-state index in [4.69, 9.17) is 5.73 Å². The zero-order valence-electron chi connectivity index (χ0n) is 31.7. The summed E-state index contributed by atoms with van der Waals surface area (Å²) in [5.74, 6) is -6.11. The molecule has 0 aliphatic heterocycles. The molecule has 5 atom stereocenters. The number of hydrogen-bond donors (Lipinski definition) is 8. The molecule has 2 rings (SSSR count). The molecule has 6 amide bonds. The van der Waals surface area contributed by atoms with Crippen molar-refractivity contribution in [1.82, 2.24) is 31.6 Å². The van der Waals surface area contributed by atoms with Gasteiger partial charge in [-0.25, -0.2) is 0 Å². The largest absolute Gasteiger partial charge is 0.481 e. The molecule has 1 aromatic heterocycles. The Morgan fingerprint density at radius 2 is 1.28 bits per heavy atom. The van der Waals surface area contributed by atoms with Gasteiger partial charge >= 0.3 is 5.97 Å². The average Bonchev–Trinajstić information content (AvgIpc) is 3.50. The summed E-state index contributed by atoms with van der Waals surface area (Å²) in [6, 6.07) is 1.60. The van der Waals surface area contributed by atoms with E-state index in [0.717, 1.165) is 36.6 Å². The normalized spacial score (nSPS) is 14.0. The van der Waals surface area contributed by atoms with Crippen molar-refractivity contribution in [2.75, 3.05) is 0 Å². The van der Waals surface area contributed by atoms with Gasteiger partial charge in [0.2, 0.25) is 35.4 Å². The third kappa shape index (κ3) is 15.7. The molecule has 294 valence electrons. The standard InChI is InChI=1S/C38H59N7O8/c1-6-8-9-10-11-12-13-18-32(47)45-34(24(5)7-2)38(53)44-28(19-25-22-40-27-17-15-14-16-26(25)27)36(51)42-29(20-31(39)46)37(52)43-30(21-33(48)49)35(50)41-23(3)4/h14-17,22-24,28-30,34,40H,6-13,18-21H2,1-5H3,(H2,39,46)(H,41,50)(H,42,51)(H,43,52)(H,44,53)(H,45,47)(H,48,49). The van der Waals surface area contributed by atoms with Crippen molar-refractivity contribution in [2.24, 2.45) is 11.7 Å². The van der Waals surface area contributed by atoms with Crippen LogP contribution in [-0.2, 0) is 40.0 Å². The number of carboxylic acid groups (broad SMARTS) is 1.